The van der Waals surface area contributed by atoms with Crippen molar-refractivity contribution in [3.8, 4) is 0 Å². The number of Topliss-reactive ketones (excluding diaryl/α,β-unsaturated/α-hetero) is 1. The van der Waals surface area contributed by atoms with E-state index in [0.717, 1.165) is 23.1 Å². The maximum absolute atomic E-state index is 12.6. The van der Waals surface area contributed by atoms with Crippen LogP contribution in [0.1, 0.15) is 53.4 Å². The van der Waals surface area contributed by atoms with Gasteiger partial charge in [0.15, 0.2) is 5.78 Å². The molecule has 3 heteroatoms. The first kappa shape index (κ1) is 17.6. The number of likely N-dealkylation sites (N-methyl/N-ethyl adjacent to an activating group) is 1. The average molecular weight is 335 g/mol. The molecule has 1 aliphatic heterocycles. The molecule has 2 aromatic rings. The summed E-state index contributed by atoms with van der Waals surface area (Å²) >= 11 is 0. The lowest BCUT2D eigenvalue weighted by Gasteiger charge is -2.37. The highest BCUT2D eigenvalue weighted by atomic mass is 16.3. The minimum atomic E-state index is -0.500. The van der Waals surface area contributed by atoms with Crippen LogP contribution in [0.5, 0.6) is 0 Å². The van der Waals surface area contributed by atoms with Crippen molar-refractivity contribution in [2.45, 2.75) is 38.0 Å². The Bertz CT molecular complexity index is 752. The monoisotopic (exact) mass is 335 g/mol. The molecule has 3 nitrogen and oxygen atoms in total. The summed E-state index contributed by atoms with van der Waals surface area (Å²) in [6, 6.07) is 17.7. The normalized spacial score (nSPS) is 21.9. The number of aliphatic hydroxyl groups is 1. The zero-order chi connectivity index (χ0) is 17.8. The van der Waals surface area contributed by atoms with E-state index in [9.17, 15) is 9.90 Å². The first-order valence-corrected chi connectivity index (χ1v) is 8.81. The Morgan fingerprint density at radius 3 is 2.56 bits per heavy atom. The Kier molecular flexibility index (Phi) is 5.47. The summed E-state index contributed by atoms with van der Waals surface area (Å²) in [5, 5.41) is 10.1. The predicted octanol–water partition coefficient (Wildman–Crippen LogP) is 4.31. The van der Waals surface area contributed by atoms with E-state index in [1.165, 1.54) is 0 Å². The highest BCUT2D eigenvalue weighted by molar-refractivity contribution is 5.96. The third-order valence-corrected chi connectivity index (χ3v) is 5.03. The number of carbonyl (C=O) groups excluding carboxylic acids is 1. The Morgan fingerprint density at radius 1 is 1.16 bits per heavy atom. The van der Waals surface area contributed by atoms with E-state index in [1.54, 1.807) is 6.92 Å². The van der Waals surface area contributed by atoms with Gasteiger partial charge < -0.3 is 5.11 Å². The van der Waals surface area contributed by atoms with Crippen molar-refractivity contribution in [3.63, 3.8) is 0 Å². The molecule has 1 N–H and O–H groups in total. The molecule has 1 aliphatic rings. The van der Waals surface area contributed by atoms with Crippen LogP contribution >= 0.6 is 0 Å². The average Bonchev–Trinajstić information content (AvgIpc) is 2.64. The Labute approximate surface area is 149 Å². The van der Waals surface area contributed by atoms with Gasteiger partial charge in [-0.1, -0.05) is 66.7 Å². The lowest BCUT2D eigenvalue weighted by atomic mass is 9.89. The van der Waals surface area contributed by atoms with Crippen LogP contribution in [0.3, 0.4) is 0 Å². The van der Waals surface area contributed by atoms with Crippen LogP contribution in [0.2, 0.25) is 0 Å². The molecule has 3 rings (SSSR count). The Morgan fingerprint density at radius 2 is 1.84 bits per heavy atom. The van der Waals surface area contributed by atoms with Crippen molar-refractivity contribution in [1.82, 2.24) is 4.90 Å². The fourth-order valence-corrected chi connectivity index (χ4v) is 3.58. The van der Waals surface area contributed by atoms with Crippen molar-refractivity contribution < 1.29 is 9.90 Å². The zero-order valence-corrected chi connectivity index (χ0v) is 14.8. The molecule has 0 spiro atoms. The molecule has 2 unspecified atom stereocenters. The molecule has 130 valence electrons. The zero-order valence-electron chi connectivity index (χ0n) is 14.8. The molecule has 25 heavy (non-hydrogen) atoms. The molecule has 0 aromatic heterocycles. The van der Waals surface area contributed by atoms with Gasteiger partial charge in [-0.05, 0) is 31.5 Å². The highest BCUT2D eigenvalue weighted by Gasteiger charge is 2.29. The van der Waals surface area contributed by atoms with E-state index in [4.69, 9.17) is 0 Å². The molecule has 0 aliphatic carbocycles. The van der Waals surface area contributed by atoms with E-state index in [2.05, 4.69) is 30.2 Å². The first-order chi connectivity index (χ1) is 12.1. The van der Waals surface area contributed by atoms with Gasteiger partial charge in [-0.3, -0.25) is 9.69 Å². The summed E-state index contributed by atoms with van der Waals surface area (Å²) in [5.74, 6) is 0.159. The van der Waals surface area contributed by atoms with Gasteiger partial charge in [0.05, 0.1) is 6.10 Å². The molecule has 1 heterocycles. The lowest BCUT2D eigenvalue weighted by Crippen LogP contribution is -2.38. The quantitative estimate of drug-likeness (QED) is 0.654. The molecular formula is C22H25NO2. The van der Waals surface area contributed by atoms with Gasteiger partial charge >= 0.3 is 0 Å². The molecule has 2 aromatic carbocycles. The number of hydrogen-bond donors (Lipinski definition) is 1. The van der Waals surface area contributed by atoms with Crippen molar-refractivity contribution in [2.75, 3.05) is 7.05 Å². The van der Waals surface area contributed by atoms with E-state index in [-0.39, 0.29) is 17.9 Å². The van der Waals surface area contributed by atoms with Gasteiger partial charge in [-0.25, -0.2) is 0 Å². The molecule has 3 atom stereocenters. The summed E-state index contributed by atoms with van der Waals surface area (Å²) < 4.78 is 0. The lowest BCUT2D eigenvalue weighted by molar-refractivity contribution is 0.0923. The molecular weight excluding hydrogens is 310 g/mol. The third-order valence-electron chi connectivity index (χ3n) is 5.03. The number of nitrogens with zero attached hydrogens (tertiary/aromatic N) is 1. The number of ketones is 1. The smallest absolute Gasteiger partial charge is 0.164 e. The van der Waals surface area contributed by atoms with Crippen LogP contribution in [0, 0.1) is 0 Å². The highest BCUT2D eigenvalue weighted by Crippen LogP contribution is 2.34. The second-order valence-corrected chi connectivity index (χ2v) is 6.71. The maximum Gasteiger partial charge on any atom is 0.164 e. The minimum Gasteiger partial charge on any atom is -0.389 e. The van der Waals surface area contributed by atoms with Crippen LogP contribution in [0.25, 0.3) is 0 Å². The number of benzene rings is 2. The topological polar surface area (TPSA) is 40.5 Å². The van der Waals surface area contributed by atoms with E-state index in [1.807, 2.05) is 48.5 Å². The van der Waals surface area contributed by atoms with Crippen molar-refractivity contribution in [1.29, 1.82) is 0 Å². The number of rotatable bonds is 5. The Balaban J connectivity index is 1.80. The van der Waals surface area contributed by atoms with Gasteiger partial charge in [0.1, 0.15) is 0 Å². The van der Waals surface area contributed by atoms with Crippen molar-refractivity contribution >= 4 is 5.78 Å². The summed E-state index contributed by atoms with van der Waals surface area (Å²) in [7, 11) is 2.07. The fraction of sp³-hybridized carbons (Fsp3) is 0.318. The minimum absolute atomic E-state index is 0.0634. The van der Waals surface area contributed by atoms with Crippen LogP contribution in [0.15, 0.2) is 66.7 Å². The molecule has 0 bridgehead atoms. The first-order valence-electron chi connectivity index (χ1n) is 8.81. The standard InChI is InChI=1S/C22H25NO2/c1-16(24)19-12-6-7-13-20(19)21-14-8-11-18(23(21)2)15-22(25)17-9-4-3-5-10-17/h3-13,16,18,21,24H,14-15H2,1-2H3/t16-,18?,21?/m0/s1. The summed E-state index contributed by atoms with van der Waals surface area (Å²) in [4.78, 5) is 14.8. The largest absolute Gasteiger partial charge is 0.389 e. The van der Waals surface area contributed by atoms with Crippen LogP contribution < -0.4 is 0 Å². The summed E-state index contributed by atoms with van der Waals surface area (Å²) in [6.45, 7) is 1.80. The molecule has 0 radical (unpaired) electrons. The van der Waals surface area contributed by atoms with Crippen LogP contribution in [-0.4, -0.2) is 28.9 Å². The second kappa shape index (κ2) is 7.77. The summed E-state index contributed by atoms with van der Waals surface area (Å²) in [5.41, 5.74) is 2.86. The number of carbonyl (C=O) groups is 1. The summed E-state index contributed by atoms with van der Waals surface area (Å²) in [6.07, 6.45) is 5.13. The molecule has 0 amide bonds. The van der Waals surface area contributed by atoms with Gasteiger partial charge in [-0.15, -0.1) is 0 Å². The van der Waals surface area contributed by atoms with E-state index in [0.29, 0.717) is 6.42 Å². The third kappa shape index (κ3) is 3.89. The molecule has 0 saturated heterocycles. The number of aliphatic hydroxyl groups excluding tert-OH is 1. The van der Waals surface area contributed by atoms with E-state index < -0.39 is 6.10 Å². The number of hydrogen-bond acceptors (Lipinski definition) is 3. The van der Waals surface area contributed by atoms with Crippen molar-refractivity contribution in [3.05, 3.63) is 83.4 Å². The van der Waals surface area contributed by atoms with Crippen LogP contribution in [0.4, 0.5) is 0 Å². The molecule has 0 saturated carbocycles. The fourth-order valence-electron chi connectivity index (χ4n) is 3.58. The van der Waals surface area contributed by atoms with Gasteiger partial charge in [0, 0.05) is 24.1 Å². The van der Waals surface area contributed by atoms with Gasteiger partial charge in [-0.2, -0.15) is 0 Å². The SMILES string of the molecule is C[C@H](O)c1ccccc1C1CC=CC(CC(=O)c2ccccc2)N1C. The van der Waals surface area contributed by atoms with Crippen LogP contribution in [-0.2, 0) is 0 Å². The van der Waals surface area contributed by atoms with Crippen molar-refractivity contribution in [2.24, 2.45) is 0 Å². The van der Waals surface area contributed by atoms with E-state index >= 15 is 0 Å². The maximum atomic E-state index is 12.6. The molecule has 0 fully saturated rings. The predicted molar refractivity (Wildman–Crippen MR) is 101 cm³/mol. The van der Waals surface area contributed by atoms with Gasteiger partial charge in [0.25, 0.3) is 0 Å². The van der Waals surface area contributed by atoms with Gasteiger partial charge in [0.2, 0.25) is 0 Å². The second-order valence-electron chi connectivity index (χ2n) is 6.71. The Hall–Kier alpha value is -2.23.